The highest BCUT2D eigenvalue weighted by Gasteiger charge is 2.06. The quantitative estimate of drug-likeness (QED) is 0.796. The van der Waals surface area contributed by atoms with Gasteiger partial charge in [-0.15, -0.1) is 0 Å². The lowest BCUT2D eigenvalue weighted by Crippen LogP contribution is -2.27. The van der Waals surface area contributed by atoms with Gasteiger partial charge in [0.25, 0.3) is 0 Å². The number of hydrogen-bond donors (Lipinski definition) is 1. The zero-order valence-corrected chi connectivity index (χ0v) is 10.2. The Morgan fingerprint density at radius 2 is 1.87 bits per heavy atom. The zero-order chi connectivity index (χ0) is 11.3. The highest BCUT2D eigenvalue weighted by atomic mass is 15.1. The van der Waals surface area contributed by atoms with E-state index in [1.54, 1.807) is 0 Å². The number of benzene rings is 1. The summed E-state index contributed by atoms with van der Waals surface area (Å²) in [6.45, 7) is 5.41. The van der Waals surface area contributed by atoms with Gasteiger partial charge in [-0.3, -0.25) is 0 Å². The molecule has 0 bridgehead atoms. The van der Waals surface area contributed by atoms with Gasteiger partial charge in [-0.05, 0) is 38.1 Å². The Morgan fingerprint density at radius 3 is 2.33 bits per heavy atom. The minimum Gasteiger partial charge on any atom is -0.372 e. The van der Waals surface area contributed by atoms with Crippen LogP contribution in [-0.2, 0) is 6.54 Å². The molecule has 15 heavy (non-hydrogen) atoms. The van der Waals surface area contributed by atoms with Gasteiger partial charge in [0, 0.05) is 25.3 Å². The van der Waals surface area contributed by atoms with E-state index >= 15 is 0 Å². The second-order valence-electron chi connectivity index (χ2n) is 4.06. The van der Waals surface area contributed by atoms with Gasteiger partial charge in [-0.2, -0.15) is 0 Å². The largest absolute Gasteiger partial charge is 0.372 e. The van der Waals surface area contributed by atoms with Gasteiger partial charge in [0.05, 0.1) is 0 Å². The number of nitrogens with zero attached hydrogens (tertiary/aromatic N) is 1. The van der Waals surface area contributed by atoms with Crippen molar-refractivity contribution in [2.75, 3.05) is 19.0 Å². The van der Waals surface area contributed by atoms with E-state index in [0.29, 0.717) is 6.04 Å². The van der Waals surface area contributed by atoms with Crippen LogP contribution in [0.3, 0.4) is 0 Å². The van der Waals surface area contributed by atoms with Gasteiger partial charge in [0.1, 0.15) is 0 Å². The van der Waals surface area contributed by atoms with Crippen LogP contribution in [0.4, 0.5) is 5.69 Å². The first-order chi connectivity index (χ1) is 7.19. The number of rotatable bonds is 5. The Balaban J connectivity index is 2.70. The molecule has 1 aromatic carbocycles. The highest BCUT2D eigenvalue weighted by Crippen LogP contribution is 2.17. The monoisotopic (exact) mass is 206 g/mol. The van der Waals surface area contributed by atoms with Crippen LogP contribution in [0, 0.1) is 0 Å². The van der Waals surface area contributed by atoms with Crippen LogP contribution in [0.15, 0.2) is 24.3 Å². The summed E-state index contributed by atoms with van der Waals surface area (Å²) in [7, 11) is 4.13. The Hall–Kier alpha value is -1.02. The van der Waals surface area contributed by atoms with E-state index in [1.807, 2.05) is 7.05 Å². The van der Waals surface area contributed by atoms with Crippen molar-refractivity contribution < 1.29 is 0 Å². The van der Waals surface area contributed by atoms with Crippen LogP contribution in [0.25, 0.3) is 0 Å². The van der Waals surface area contributed by atoms with Crippen molar-refractivity contribution in [2.24, 2.45) is 0 Å². The molecule has 2 heteroatoms. The first-order valence-electron chi connectivity index (χ1n) is 5.65. The molecule has 1 aromatic rings. The summed E-state index contributed by atoms with van der Waals surface area (Å²) in [5.74, 6) is 0. The molecule has 0 fully saturated rings. The van der Waals surface area contributed by atoms with E-state index < -0.39 is 0 Å². The summed E-state index contributed by atoms with van der Waals surface area (Å²) in [6, 6.07) is 9.35. The van der Waals surface area contributed by atoms with Crippen LogP contribution in [0.1, 0.15) is 25.8 Å². The molecule has 1 rings (SSSR count). The Labute approximate surface area is 93.3 Å². The molecule has 1 atom stereocenters. The Kier molecular flexibility index (Phi) is 4.63. The van der Waals surface area contributed by atoms with Crippen molar-refractivity contribution in [1.29, 1.82) is 0 Å². The molecule has 0 aliphatic carbocycles. The minimum atomic E-state index is 0.597. The first kappa shape index (κ1) is 12.1. The van der Waals surface area contributed by atoms with E-state index in [9.17, 15) is 0 Å². The third-order valence-corrected chi connectivity index (χ3v) is 2.98. The summed E-state index contributed by atoms with van der Waals surface area (Å²) >= 11 is 0. The van der Waals surface area contributed by atoms with Crippen molar-refractivity contribution in [3.8, 4) is 0 Å². The number of hydrogen-bond acceptors (Lipinski definition) is 2. The van der Waals surface area contributed by atoms with Crippen molar-refractivity contribution >= 4 is 5.69 Å². The Morgan fingerprint density at radius 1 is 1.27 bits per heavy atom. The van der Waals surface area contributed by atoms with E-state index in [0.717, 1.165) is 6.54 Å². The standard InChI is InChI=1S/C13H22N2/c1-5-11(2)15(4)13-8-6-12(7-9-13)10-14-3/h6-9,11,14H,5,10H2,1-4H3. The second kappa shape index (κ2) is 5.76. The lowest BCUT2D eigenvalue weighted by molar-refractivity contribution is 0.663. The van der Waals surface area contributed by atoms with Gasteiger partial charge in [0.2, 0.25) is 0 Å². The average Bonchev–Trinajstić information content (AvgIpc) is 2.28. The molecular weight excluding hydrogens is 184 g/mol. The summed E-state index contributed by atoms with van der Waals surface area (Å²) in [5, 5.41) is 3.15. The van der Waals surface area contributed by atoms with Crippen molar-refractivity contribution in [3.63, 3.8) is 0 Å². The van der Waals surface area contributed by atoms with E-state index in [2.05, 4.69) is 55.4 Å². The van der Waals surface area contributed by atoms with Crippen LogP contribution in [0.2, 0.25) is 0 Å². The topological polar surface area (TPSA) is 15.3 Å². The molecular formula is C13H22N2. The van der Waals surface area contributed by atoms with E-state index in [-0.39, 0.29) is 0 Å². The van der Waals surface area contributed by atoms with Gasteiger partial charge in [0.15, 0.2) is 0 Å². The maximum absolute atomic E-state index is 3.15. The molecule has 0 saturated heterocycles. The molecule has 0 amide bonds. The zero-order valence-electron chi connectivity index (χ0n) is 10.2. The van der Waals surface area contributed by atoms with Crippen LogP contribution >= 0.6 is 0 Å². The predicted molar refractivity (Wildman–Crippen MR) is 67.4 cm³/mol. The smallest absolute Gasteiger partial charge is 0.0366 e. The van der Waals surface area contributed by atoms with Gasteiger partial charge >= 0.3 is 0 Å². The lowest BCUT2D eigenvalue weighted by atomic mass is 10.1. The van der Waals surface area contributed by atoms with Gasteiger partial charge < -0.3 is 10.2 Å². The fourth-order valence-electron chi connectivity index (χ4n) is 1.58. The molecule has 0 aromatic heterocycles. The lowest BCUT2D eigenvalue weighted by Gasteiger charge is -2.26. The van der Waals surface area contributed by atoms with Crippen LogP contribution in [-0.4, -0.2) is 20.1 Å². The van der Waals surface area contributed by atoms with Crippen molar-refractivity contribution in [1.82, 2.24) is 5.32 Å². The fourth-order valence-corrected chi connectivity index (χ4v) is 1.58. The summed E-state index contributed by atoms with van der Waals surface area (Å²) < 4.78 is 0. The molecule has 0 heterocycles. The van der Waals surface area contributed by atoms with Crippen molar-refractivity contribution in [2.45, 2.75) is 32.9 Å². The minimum absolute atomic E-state index is 0.597. The maximum atomic E-state index is 3.15. The Bertz CT molecular complexity index is 279. The second-order valence-corrected chi connectivity index (χ2v) is 4.06. The predicted octanol–water partition coefficient (Wildman–Crippen LogP) is 2.64. The number of anilines is 1. The molecule has 2 nitrogen and oxygen atoms in total. The molecule has 0 saturated carbocycles. The third kappa shape index (κ3) is 3.24. The fraction of sp³-hybridized carbons (Fsp3) is 0.538. The molecule has 0 aliphatic rings. The molecule has 0 radical (unpaired) electrons. The third-order valence-electron chi connectivity index (χ3n) is 2.98. The van der Waals surface area contributed by atoms with Gasteiger partial charge in [-0.1, -0.05) is 19.1 Å². The maximum Gasteiger partial charge on any atom is 0.0366 e. The average molecular weight is 206 g/mol. The summed E-state index contributed by atoms with van der Waals surface area (Å²) in [6.07, 6.45) is 1.18. The molecule has 0 spiro atoms. The number of nitrogens with one attached hydrogen (secondary N) is 1. The molecule has 84 valence electrons. The SMILES string of the molecule is CCC(C)N(C)c1ccc(CNC)cc1. The van der Waals surface area contributed by atoms with E-state index in [4.69, 9.17) is 0 Å². The molecule has 1 unspecified atom stereocenters. The highest BCUT2D eigenvalue weighted by molar-refractivity contribution is 5.47. The first-order valence-corrected chi connectivity index (χ1v) is 5.65. The van der Waals surface area contributed by atoms with E-state index in [1.165, 1.54) is 17.7 Å². The van der Waals surface area contributed by atoms with Crippen LogP contribution < -0.4 is 10.2 Å². The molecule has 1 N–H and O–H groups in total. The van der Waals surface area contributed by atoms with Gasteiger partial charge in [-0.25, -0.2) is 0 Å². The molecule has 0 aliphatic heterocycles. The van der Waals surface area contributed by atoms with Crippen molar-refractivity contribution in [3.05, 3.63) is 29.8 Å². The summed E-state index contributed by atoms with van der Waals surface area (Å²) in [5.41, 5.74) is 2.63. The van der Waals surface area contributed by atoms with Crippen LogP contribution in [0.5, 0.6) is 0 Å². The normalized spacial score (nSPS) is 12.5. The summed E-state index contributed by atoms with van der Waals surface area (Å²) in [4.78, 5) is 2.32.